The Balaban J connectivity index is 2.08. The maximum atomic E-state index is 5.66. The number of ether oxygens (including phenoxy) is 1. The quantitative estimate of drug-likeness (QED) is 0.608. The first-order valence-electron chi connectivity index (χ1n) is 6.64. The summed E-state index contributed by atoms with van der Waals surface area (Å²) in [5.74, 6) is 0.878. The molecule has 0 spiro atoms. The molecule has 1 fully saturated rings. The molecule has 96 valence electrons. The highest BCUT2D eigenvalue weighted by Crippen LogP contribution is 2.28. The molecule has 16 heavy (non-hydrogen) atoms. The predicted molar refractivity (Wildman–Crippen MR) is 68.8 cm³/mol. The van der Waals surface area contributed by atoms with Crippen LogP contribution in [-0.2, 0) is 4.74 Å². The topological polar surface area (TPSA) is 24.5 Å². The van der Waals surface area contributed by atoms with Crippen LogP contribution >= 0.6 is 0 Å². The van der Waals surface area contributed by atoms with Crippen molar-refractivity contribution in [3.8, 4) is 0 Å². The molecule has 2 unspecified atom stereocenters. The van der Waals surface area contributed by atoms with Crippen LogP contribution in [0.25, 0.3) is 0 Å². The molecule has 0 radical (unpaired) electrons. The average molecular weight is 228 g/mol. The lowest BCUT2D eigenvalue weighted by atomic mass is 10.1. The molecular formula is C13H28N2O. The van der Waals surface area contributed by atoms with Gasteiger partial charge < -0.3 is 10.1 Å². The first kappa shape index (κ1) is 13.9. The number of likely N-dealkylation sites (N-methyl/N-ethyl adjacent to an activating group) is 2. The first-order valence-corrected chi connectivity index (χ1v) is 6.64. The number of nitrogens with zero attached hydrogens (tertiary/aromatic N) is 1. The van der Waals surface area contributed by atoms with Gasteiger partial charge in [-0.2, -0.15) is 0 Å². The summed E-state index contributed by atoms with van der Waals surface area (Å²) in [7, 11) is 4.23. The predicted octanol–water partition coefficient (Wildman–Crippen LogP) is 1.73. The lowest BCUT2D eigenvalue weighted by molar-refractivity contribution is 0.0872. The van der Waals surface area contributed by atoms with Gasteiger partial charge in [0.2, 0.25) is 0 Å². The number of hydrogen-bond acceptors (Lipinski definition) is 3. The molecule has 2 atom stereocenters. The van der Waals surface area contributed by atoms with Crippen molar-refractivity contribution in [2.75, 3.05) is 33.9 Å². The minimum Gasteiger partial charge on any atom is -0.380 e. The van der Waals surface area contributed by atoms with Gasteiger partial charge >= 0.3 is 0 Å². The molecule has 0 heterocycles. The molecule has 0 aromatic heterocycles. The Kier molecular flexibility index (Phi) is 6.32. The second-order valence-corrected chi connectivity index (χ2v) is 5.04. The zero-order chi connectivity index (χ0) is 12.0. The first-order chi connectivity index (χ1) is 7.69. The number of rotatable bonds is 9. The molecule has 0 bridgehead atoms. The molecule has 1 aliphatic rings. The Morgan fingerprint density at radius 3 is 2.62 bits per heavy atom. The van der Waals surface area contributed by atoms with Crippen LogP contribution in [0.2, 0.25) is 0 Å². The molecular weight excluding hydrogens is 200 g/mol. The average Bonchev–Trinajstić information content (AvgIpc) is 3.09. The van der Waals surface area contributed by atoms with Gasteiger partial charge in [0.25, 0.3) is 0 Å². The molecule has 1 N–H and O–H groups in total. The summed E-state index contributed by atoms with van der Waals surface area (Å²) in [5, 5.41) is 3.37. The summed E-state index contributed by atoms with van der Waals surface area (Å²) >= 11 is 0. The Morgan fingerprint density at radius 2 is 2.12 bits per heavy atom. The van der Waals surface area contributed by atoms with Gasteiger partial charge in [-0.25, -0.2) is 0 Å². The Labute approximate surface area is 101 Å². The highest BCUT2D eigenvalue weighted by Gasteiger charge is 2.21. The summed E-state index contributed by atoms with van der Waals surface area (Å²) in [4.78, 5) is 2.39. The maximum absolute atomic E-state index is 5.66. The van der Waals surface area contributed by atoms with Crippen LogP contribution in [0.1, 0.15) is 33.1 Å². The zero-order valence-corrected chi connectivity index (χ0v) is 11.3. The van der Waals surface area contributed by atoms with Crippen LogP contribution < -0.4 is 5.32 Å². The largest absolute Gasteiger partial charge is 0.380 e. The van der Waals surface area contributed by atoms with Gasteiger partial charge in [-0.05, 0) is 46.2 Å². The van der Waals surface area contributed by atoms with Crippen LogP contribution in [0.4, 0.5) is 0 Å². The molecule has 0 aliphatic heterocycles. The fourth-order valence-electron chi connectivity index (χ4n) is 2.04. The van der Waals surface area contributed by atoms with Crippen molar-refractivity contribution in [3.63, 3.8) is 0 Å². The summed E-state index contributed by atoms with van der Waals surface area (Å²) in [6, 6.07) is 1.15. The van der Waals surface area contributed by atoms with E-state index in [0.29, 0.717) is 12.1 Å². The van der Waals surface area contributed by atoms with E-state index in [-0.39, 0.29) is 0 Å². The molecule has 3 nitrogen and oxygen atoms in total. The third-order valence-corrected chi connectivity index (χ3v) is 3.73. The van der Waals surface area contributed by atoms with Gasteiger partial charge in [0.1, 0.15) is 0 Å². The Bertz CT molecular complexity index is 179. The van der Waals surface area contributed by atoms with Crippen molar-refractivity contribution in [1.29, 1.82) is 0 Å². The third kappa shape index (κ3) is 4.81. The minimum atomic E-state index is 0.569. The van der Waals surface area contributed by atoms with Crippen LogP contribution in [0.15, 0.2) is 0 Å². The van der Waals surface area contributed by atoms with E-state index in [4.69, 9.17) is 4.74 Å². The van der Waals surface area contributed by atoms with E-state index in [2.05, 4.69) is 31.1 Å². The van der Waals surface area contributed by atoms with E-state index in [1.165, 1.54) is 19.3 Å². The Morgan fingerprint density at radius 1 is 1.44 bits per heavy atom. The van der Waals surface area contributed by atoms with Crippen molar-refractivity contribution >= 4 is 0 Å². The maximum Gasteiger partial charge on any atom is 0.0593 e. The lowest BCUT2D eigenvalue weighted by Gasteiger charge is -2.31. The van der Waals surface area contributed by atoms with Gasteiger partial charge in [-0.3, -0.25) is 4.90 Å². The number of nitrogens with one attached hydrogen (secondary N) is 1. The fraction of sp³-hybridized carbons (Fsp3) is 1.00. The zero-order valence-electron chi connectivity index (χ0n) is 11.3. The van der Waals surface area contributed by atoms with Crippen molar-refractivity contribution in [1.82, 2.24) is 10.2 Å². The van der Waals surface area contributed by atoms with Crippen LogP contribution in [0, 0.1) is 5.92 Å². The fourth-order valence-corrected chi connectivity index (χ4v) is 2.04. The van der Waals surface area contributed by atoms with Crippen LogP contribution in [-0.4, -0.2) is 50.8 Å². The van der Waals surface area contributed by atoms with Gasteiger partial charge in [0.15, 0.2) is 0 Å². The number of hydrogen-bond donors (Lipinski definition) is 1. The SMILES string of the molecule is CCC(NC)C(C)N(C)CCOCC1CC1. The molecule has 0 amide bonds. The molecule has 1 aliphatic carbocycles. The van der Waals surface area contributed by atoms with Gasteiger partial charge in [0, 0.05) is 25.2 Å². The summed E-state index contributed by atoms with van der Waals surface area (Å²) in [6.07, 6.45) is 3.93. The molecule has 0 aromatic rings. The molecule has 3 heteroatoms. The lowest BCUT2D eigenvalue weighted by Crippen LogP contribution is -2.46. The molecule has 0 saturated heterocycles. The van der Waals surface area contributed by atoms with Crippen LogP contribution in [0.3, 0.4) is 0 Å². The summed E-state index contributed by atoms with van der Waals surface area (Å²) in [6.45, 7) is 7.40. The minimum absolute atomic E-state index is 0.569. The van der Waals surface area contributed by atoms with E-state index >= 15 is 0 Å². The Hall–Kier alpha value is -0.120. The normalized spacial score (nSPS) is 20.1. The van der Waals surface area contributed by atoms with Crippen molar-refractivity contribution in [2.24, 2.45) is 5.92 Å². The second kappa shape index (κ2) is 7.25. The van der Waals surface area contributed by atoms with E-state index < -0.39 is 0 Å². The van der Waals surface area contributed by atoms with Gasteiger partial charge in [0.05, 0.1) is 6.61 Å². The van der Waals surface area contributed by atoms with Crippen molar-refractivity contribution < 1.29 is 4.74 Å². The van der Waals surface area contributed by atoms with E-state index in [1.807, 2.05) is 7.05 Å². The van der Waals surface area contributed by atoms with Gasteiger partial charge in [-0.1, -0.05) is 6.92 Å². The molecule has 1 saturated carbocycles. The highest BCUT2D eigenvalue weighted by atomic mass is 16.5. The highest BCUT2D eigenvalue weighted by molar-refractivity contribution is 4.77. The monoisotopic (exact) mass is 228 g/mol. The van der Waals surface area contributed by atoms with Crippen molar-refractivity contribution in [2.45, 2.75) is 45.2 Å². The standard InChI is InChI=1S/C13H28N2O/c1-5-13(14-3)11(2)15(4)8-9-16-10-12-6-7-12/h11-14H,5-10H2,1-4H3. The summed E-state index contributed by atoms with van der Waals surface area (Å²) < 4.78 is 5.66. The third-order valence-electron chi connectivity index (χ3n) is 3.73. The van der Waals surface area contributed by atoms with Crippen LogP contribution in [0.5, 0.6) is 0 Å². The van der Waals surface area contributed by atoms with E-state index in [0.717, 1.165) is 25.7 Å². The molecule has 0 aromatic carbocycles. The smallest absolute Gasteiger partial charge is 0.0593 e. The van der Waals surface area contributed by atoms with Crippen molar-refractivity contribution in [3.05, 3.63) is 0 Å². The summed E-state index contributed by atoms with van der Waals surface area (Å²) in [5.41, 5.74) is 0. The molecule has 1 rings (SSSR count). The van der Waals surface area contributed by atoms with E-state index in [1.54, 1.807) is 0 Å². The van der Waals surface area contributed by atoms with Gasteiger partial charge in [-0.15, -0.1) is 0 Å². The van der Waals surface area contributed by atoms with E-state index in [9.17, 15) is 0 Å². The second-order valence-electron chi connectivity index (χ2n) is 5.04.